The number of nitrogens with zero attached hydrogens (tertiary/aromatic N) is 3. The second kappa shape index (κ2) is 3.26. The first kappa shape index (κ1) is 7.79. The molecule has 0 unspecified atom stereocenters. The first-order chi connectivity index (χ1) is 6.34. The van der Waals surface area contributed by atoms with Crippen LogP contribution in [0.15, 0.2) is 36.9 Å². The van der Waals surface area contributed by atoms with Crippen molar-refractivity contribution in [2.45, 2.75) is 6.54 Å². The summed E-state index contributed by atoms with van der Waals surface area (Å²) in [6, 6.07) is 7.13. The van der Waals surface area contributed by atoms with Crippen molar-refractivity contribution in [1.82, 2.24) is 14.8 Å². The van der Waals surface area contributed by atoms with Crippen LogP contribution in [0, 0.1) is 0 Å². The van der Waals surface area contributed by atoms with E-state index < -0.39 is 0 Å². The van der Waals surface area contributed by atoms with Crippen LogP contribution in [0.4, 0.5) is 0 Å². The fraction of sp³-hybridized carbons (Fsp3) is 0.111. The van der Waals surface area contributed by atoms with Crippen LogP contribution in [0.2, 0.25) is 0 Å². The third-order valence-corrected chi connectivity index (χ3v) is 1.74. The largest absolute Gasteiger partial charge is 0.508 e. The molecule has 0 saturated carbocycles. The quantitative estimate of drug-likeness (QED) is 0.741. The van der Waals surface area contributed by atoms with Crippen LogP contribution >= 0.6 is 0 Å². The summed E-state index contributed by atoms with van der Waals surface area (Å²) in [6.07, 6.45) is 3.29. The molecule has 2 rings (SSSR count). The molecule has 1 aromatic heterocycles. The number of rotatable bonds is 2. The van der Waals surface area contributed by atoms with E-state index >= 15 is 0 Å². The van der Waals surface area contributed by atoms with Gasteiger partial charge < -0.3 is 9.67 Å². The highest BCUT2D eigenvalue weighted by Crippen LogP contribution is 2.11. The van der Waals surface area contributed by atoms with Gasteiger partial charge in [0, 0.05) is 0 Å². The number of aromatic hydroxyl groups is 1. The summed E-state index contributed by atoms with van der Waals surface area (Å²) >= 11 is 0. The van der Waals surface area contributed by atoms with Crippen LogP contribution in [0.5, 0.6) is 5.75 Å². The third kappa shape index (κ3) is 1.84. The van der Waals surface area contributed by atoms with Crippen molar-refractivity contribution in [2.75, 3.05) is 0 Å². The van der Waals surface area contributed by atoms with E-state index in [4.69, 9.17) is 0 Å². The Bertz CT molecular complexity index is 384. The van der Waals surface area contributed by atoms with Crippen LogP contribution in [-0.2, 0) is 6.54 Å². The van der Waals surface area contributed by atoms with Gasteiger partial charge in [-0.1, -0.05) is 12.1 Å². The summed E-state index contributed by atoms with van der Waals surface area (Å²) in [5, 5.41) is 16.6. The molecule has 0 spiro atoms. The molecule has 1 heterocycles. The minimum atomic E-state index is 0.283. The van der Waals surface area contributed by atoms with Crippen LogP contribution < -0.4 is 0 Å². The number of hydrogen-bond acceptors (Lipinski definition) is 3. The molecule has 0 atom stereocenters. The van der Waals surface area contributed by atoms with Gasteiger partial charge in [-0.3, -0.25) is 0 Å². The van der Waals surface area contributed by atoms with Crippen LogP contribution in [0.3, 0.4) is 0 Å². The maximum atomic E-state index is 9.20. The zero-order valence-electron chi connectivity index (χ0n) is 6.96. The molecular formula is C9H9N3O. The summed E-state index contributed by atoms with van der Waals surface area (Å²) in [7, 11) is 0. The Balaban J connectivity index is 2.19. The zero-order valence-corrected chi connectivity index (χ0v) is 6.96. The first-order valence-corrected chi connectivity index (χ1v) is 3.95. The number of hydrogen-bond donors (Lipinski definition) is 1. The molecule has 1 aromatic carbocycles. The summed E-state index contributed by atoms with van der Waals surface area (Å²) < 4.78 is 1.84. The van der Waals surface area contributed by atoms with Crippen molar-refractivity contribution in [3.63, 3.8) is 0 Å². The van der Waals surface area contributed by atoms with E-state index in [-0.39, 0.29) is 5.75 Å². The van der Waals surface area contributed by atoms with Crippen molar-refractivity contribution >= 4 is 0 Å². The topological polar surface area (TPSA) is 50.9 Å². The van der Waals surface area contributed by atoms with Crippen molar-refractivity contribution < 1.29 is 5.11 Å². The Morgan fingerprint density at radius 1 is 1.23 bits per heavy atom. The zero-order chi connectivity index (χ0) is 9.10. The molecule has 0 aliphatic heterocycles. The van der Waals surface area contributed by atoms with Gasteiger partial charge in [0.15, 0.2) is 0 Å². The standard InChI is InChI=1S/C9H9N3O/c13-9-3-1-2-8(4-9)5-12-6-10-11-7-12/h1-4,6-7,13H,5H2. The predicted octanol–water partition coefficient (Wildman–Crippen LogP) is 1.03. The van der Waals surface area contributed by atoms with Crippen LogP contribution in [-0.4, -0.2) is 19.9 Å². The summed E-state index contributed by atoms with van der Waals surface area (Å²) in [6.45, 7) is 0.682. The highest BCUT2D eigenvalue weighted by Gasteiger charge is 1.95. The van der Waals surface area contributed by atoms with E-state index in [0.29, 0.717) is 6.54 Å². The summed E-state index contributed by atoms with van der Waals surface area (Å²) in [4.78, 5) is 0. The minimum absolute atomic E-state index is 0.283. The van der Waals surface area contributed by atoms with Gasteiger partial charge in [-0.2, -0.15) is 0 Å². The predicted molar refractivity (Wildman–Crippen MR) is 47.2 cm³/mol. The van der Waals surface area contributed by atoms with Crippen molar-refractivity contribution in [3.8, 4) is 5.75 Å². The van der Waals surface area contributed by atoms with E-state index in [1.165, 1.54) is 0 Å². The molecule has 2 aromatic rings. The summed E-state index contributed by atoms with van der Waals surface area (Å²) in [5.74, 6) is 0.283. The average molecular weight is 175 g/mol. The number of benzene rings is 1. The van der Waals surface area contributed by atoms with E-state index in [9.17, 15) is 5.11 Å². The Morgan fingerprint density at radius 2 is 2.00 bits per heavy atom. The lowest BCUT2D eigenvalue weighted by atomic mass is 10.2. The molecule has 66 valence electrons. The molecule has 0 aliphatic rings. The van der Waals surface area contributed by atoms with E-state index in [0.717, 1.165) is 5.56 Å². The van der Waals surface area contributed by atoms with Crippen LogP contribution in [0.1, 0.15) is 5.56 Å². The monoisotopic (exact) mass is 175 g/mol. The molecule has 0 saturated heterocycles. The van der Waals surface area contributed by atoms with Gasteiger partial charge in [-0.25, -0.2) is 0 Å². The second-order valence-electron chi connectivity index (χ2n) is 2.80. The average Bonchev–Trinajstić information content (AvgIpc) is 2.57. The molecule has 1 N–H and O–H groups in total. The molecule has 0 aliphatic carbocycles. The fourth-order valence-corrected chi connectivity index (χ4v) is 1.17. The Kier molecular flexibility index (Phi) is 1.96. The van der Waals surface area contributed by atoms with Gasteiger partial charge in [0.1, 0.15) is 18.4 Å². The molecule has 0 fully saturated rings. The minimum Gasteiger partial charge on any atom is -0.508 e. The van der Waals surface area contributed by atoms with E-state index in [2.05, 4.69) is 10.2 Å². The molecule has 0 amide bonds. The van der Waals surface area contributed by atoms with E-state index in [1.807, 2.05) is 16.7 Å². The lowest BCUT2D eigenvalue weighted by Gasteiger charge is -2.01. The Labute approximate surface area is 75.5 Å². The highest BCUT2D eigenvalue weighted by atomic mass is 16.3. The normalized spacial score (nSPS) is 10.2. The lowest BCUT2D eigenvalue weighted by Crippen LogP contribution is -1.95. The van der Waals surface area contributed by atoms with Crippen molar-refractivity contribution in [3.05, 3.63) is 42.5 Å². The maximum Gasteiger partial charge on any atom is 0.119 e. The highest BCUT2D eigenvalue weighted by molar-refractivity contribution is 5.27. The van der Waals surface area contributed by atoms with Gasteiger partial charge in [-0.05, 0) is 17.7 Å². The first-order valence-electron chi connectivity index (χ1n) is 3.95. The van der Waals surface area contributed by atoms with Gasteiger partial charge in [0.25, 0.3) is 0 Å². The second-order valence-corrected chi connectivity index (χ2v) is 2.80. The van der Waals surface area contributed by atoms with Gasteiger partial charge >= 0.3 is 0 Å². The SMILES string of the molecule is Oc1cccc(Cn2cnnc2)c1. The summed E-state index contributed by atoms with van der Waals surface area (Å²) in [5.41, 5.74) is 1.03. The van der Waals surface area contributed by atoms with Crippen LogP contribution in [0.25, 0.3) is 0 Å². The smallest absolute Gasteiger partial charge is 0.119 e. The van der Waals surface area contributed by atoms with Gasteiger partial charge in [-0.15, -0.1) is 10.2 Å². The van der Waals surface area contributed by atoms with Crippen molar-refractivity contribution in [1.29, 1.82) is 0 Å². The van der Waals surface area contributed by atoms with Crippen molar-refractivity contribution in [2.24, 2.45) is 0 Å². The number of aromatic nitrogens is 3. The Morgan fingerprint density at radius 3 is 2.69 bits per heavy atom. The third-order valence-electron chi connectivity index (χ3n) is 1.74. The van der Waals surface area contributed by atoms with Gasteiger partial charge in [0.2, 0.25) is 0 Å². The molecular weight excluding hydrogens is 166 g/mol. The maximum absolute atomic E-state index is 9.20. The Hall–Kier alpha value is -1.84. The molecule has 0 bridgehead atoms. The molecule has 13 heavy (non-hydrogen) atoms. The molecule has 0 radical (unpaired) electrons. The molecule has 4 nitrogen and oxygen atoms in total. The number of phenols is 1. The molecule has 4 heteroatoms. The van der Waals surface area contributed by atoms with Gasteiger partial charge in [0.05, 0.1) is 6.54 Å². The lowest BCUT2D eigenvalue weighted by molar-refractivity contribution is 0.474. The number of phenolic OH excluding ortho intramolecular Hbond substituents is 1. The fourth-order valence-electron chi connectivity index (χ4n) is 1.17. The van der Waals surface area contributed by atoms with E-state index in [1.54, 1.807) is 24.8 Å².